The van der Waals surface area contributed by atoms with Gasteiger partial charge < -0.3 is 0 Å². The van der Waals surface area contributed by atoms with Crippen molar-refractivity contribution in [3.8, 4) is 6.07 Å². The molecule has 0 amide bonds. The van der Waals surface area contributed by atoms with Crippen LogP contribution in [0.2, 0.25) is 0 Å². The smallest absolute Gasteiger partial charge is 0.185 e. The average Bonchev–Trinajstić information content (AvgIpc) is 2.79. The highest BCUT2D eigenvalue weighted by atomic mass is 127. The topological polar surface area (TPSA) is 40.9 Å². The van der Waals surface area contributed by atoms with Gasteiger partial charge in [-0.1, -0.05) is 24.3 Å². The average molecular weight is 367 g/mol. The molecule has 0 aliphatic carbocycles. The third-order valence-electron chi connectivity index (χ3n) is 2.74. The number of carbonyl (C=O) groups is 1. The molecule has 90 valence electrons. The van der Waals surface area contributed by atoms with Crippen molar-refractivity contribution < 1.29 is 4.79 Å². The Morgan fingerprint density at radius 1 is 1.44 bits per heavy atom. The van der Waals surface area contributed by atoms with Crippen LogP contribution in [-0.4, -0.2) is 5.78 Å². The van der Waals surface area contributed by atoms with E-state index in [2.05, 4.69) is 28.7 Å². The standard InChI is InChI=1S/C14H10INOS/c1-9-4-2-3-5-11(9)12(7-16)14(17)10-6-13(15)18-8-10/h2-6,8,12H,1H3. The Bertz CT molecular complexity index is 627. The van der Waals surface area contributed by atoms with Gasteiger partial charge in [-0.2, -0.15) is 5.26 Å². The largest absolute Gasteiger partial charge is 0.292 e. The zero-order valence-corrected chi connectivity index (χ0v) is 12.7. The number of halogens is 1. The molecule has 0 spiro atoms. The Morgan fingerprint density at radius 3 is 2.72 bits per heavy atom. The number of hydrogen-bond acceptors (Lipinski definition) is 3. The molecule has 0 N–H and O–H groups in total. The molecule has 1 unspecified atom stereocenters. The molecule has 2 aromatic rings. The quantitative estimate of drug-likeness (QED) is 0.604. The molecule has 0 fully saturated rings. The van der Waals surface area contributed by atoms with Crippen molar-refractivity contribution in [1.82, 2.24) is 0 Å². The van der Waals surface area contributed by atoms with Gasteiger partial charge in [0.05, 0.1) is 8.95 Å². The fourth-order valence-corrected chi connectivity index (χ4v) is 3.12. The van der Waals surface area contributed by atoms with Gasteiger partial charge in [-0.25, -0.2) is 0 Å². The van der Waals surface area contributed by atoms with E-state index in [1.54, 1.807) is 0 Å². The van der Waals surface area contributed by atoms with E-state index in [-0.39, 0.29) is 5.78 Å². The molecule has 18 heavy (non-hydrogen) atoms. The molecule has 4 heteroatoms. The van der Waals surface area contributed by atoms with Crippen molar-refractivity contribution in [2.24, 2.45) is 0 Å². The molecular formula is C14H10INOS. The fourth-order valence-electron chi connectivity index (χ4n) is 1.79. The van der Waals surface area contributed by atoms with Gasteiger partial charge in [-0.3, -0.25) is 4.79 Å². The number of benzene rings is 1. The molecule has 2 rings (SSSR count). The highest BCUT2D eigenvalue weighted by Gasteiger charge is 2.23. The second-order valence-electron chi connectivity index (χ2n) is 3.92. The van der Waals surface area contributed by atoms with Gasteiger partial charge in [0.1, 0.15) is 5.92 Å². The van der Waals surface area contributed by atoms with Crippen LogP contribution in [0.1, 0.15) is 27.4 Å². The monoisotopic (exact) mass is 367 g/mol. The van der Waals surface area contributed by atoms with E-state index in [1.807, 2.05) is 42.6 Å². The van der Waals surface area contributed by atoms with Crippen LogP contribution in [0.5, 0.6) is 0 Å². The predicted molar refractivity (Wildman–Crippen MR) is 80.9 cm³/mol. The Labute approximate surface area is 123 Å². The van der Waals surface area contributed by atoms with E-state index < -0.39 is 5.92 Å². The lowest BCUT2D eigenvalue weighted by molar-refractivity contribution is 0.0979. The number of aryl methyl sites for hydroxylation is 1. The van der Waals surface area contributed by atoms with E-state index in [1.165, 1.54) is 11.3 Å². The van der Waals surface area contributed by atoms with Crippen molar-refractivity contribution in [3.63, 3.8) is 0 Å². The van der Waals surface area contributed by atoms with Gasteiger partial charge in [0.15, 0.2) is 5.78 Å². The van der Waals surface area contributed by atoms with Gasteiger partial charge in [0.2, 0.25) is 0 Å². The maximum Gasteiger partial charge on any atom is 0.185 e. The molecule has 0 aliphatic heterocycles. The van der Waals surface area contributed by atoms with Crippen LogP contribution >= 0.6 is 33.9 Å². The maximum absolute atomic E-state index is 12.3. The summed E-state index contributed by atoms with van der Waals surface area (Å²) in [7, 11) is 0. The summed E-state index contributed by atoms with van der Waals surface area (Å²) < 4.78 is 1.05. The zero-order chi connectivity index (χ0) is 13.1. The van der Waals surface area contributed by atoms with Crippen molar-refractivity contribution in [1.29, 1.82) is 5.26 Å². The van der Waals surface area contributed by atoms with Crippen molar-refractivity contribution >= 4 is 39.7 Å². The molecule has 0 radical (unpaired) electrons. The minimum absolute atomic E-state index is 0.119. The van der Waals surface area contributed by atoms with Crippen LogP contribution in [0.3, 0.4) is 0 Å². The number of carbonyl (C=O) groups excluding carboxylic acids is 1. The summed E-state index contributed by atoms with van der Waals surface area (Å²) in [6.07, 6.45) is 0. The summed E-state index contributed by atoms with van der Waals surface area (Å²) in [5.74, 6) is -0.831. The van der Waals surface area contributed by atoms with Crippen LogP contribution in [0.4, 0.5) is 0 Å². The molecule has 1 aromatic heterocycles. The van der Waals surface area contributed by atoms with E-state index in [0.29, 0.717) is 5.56 Å². The van der Waals surface area contributed by atoms with E-state index in [0.717, 1.165) is 14.0 Å². The van der Waals surface area contributed by atoms with Crippen LogP contribution in [0, 0.1) is 21.1 Å². The minimum atomic E-state index is -0.711. The van der Waals surface area contributed by atoms with Gasteiger partial charge in [-0.05, 0) is 46.7 Å². The van der Waals surface area contributed by atoms with Crippen LogP contribution in [-0.2, 0) is 0 Å². The maximum atomic E-state index is 12.3. The molecule has 0 bridgehead atoms. The van der Waals surface area contributed by atoms with E-state index in [9.17, 15) is 10.1 Å². The number of thiophene rings is 1. The first kappa shape index (κ1) is 13.2. The van der Waals surface area contributed by atoms with Gasteiger partial charge in [-0.15, -0.1) is 11.3 Å². The summed E-state index contributed by atoms with van der Waals surface area (Å²) in [6, 6.07) is 11.5. The highest BCUT2D eigenvalue weighted by molar-refractivity contribution is 14.1. The SMILES string of the molecule is Cc1ccccc1C(C#N)C(=O)c1csc(I)c1. The molecule has 1 heterocycles. The first-order chi connectivity index (χ1) is 8.63. The number of Topliss-reactive ketones (excluding diaryl/α,β-unsaturated/α-hetero) is 1. The molecule has 1 aromatic carbocycles. The van der Waals surface area contributed by atoms with Crippen molar-refractivity contribution in [2.45, 2.75) is 12.8 Å². The predicted octanol–water partition coefficient (Wildman–Crippen LogP) is 4.15. The minimum Gasteiger partial charge on any atom is -0.292 e. The summed E-state index contributed by atoms with van der Waals surface area (Å²) >= 11 is 3.69. The van der Waals surface area contributed by atoms with Crippen molar-refractivity contribution in [2.75, 3.05) is 0 Å². The lowest BCUT2D eigenvalue weighted by atomic mass is 9.90. The van der Waals surface area contributed by atoms with Crippen LogP contribution < -0.4 is 0 Å². The van der Waals surface area contributed by atoms with Gasteiger partial charge in [0.25, 0.3) is 0 Å². The normalized spacial score (nSPS) is 11.8. The Morgan fingerprint density at radius 2 is 2.17 bits per heavy atom. The Hall–Kier alpha value is -1.19. The van der Waals surface area contributed by atoms with E-state index in [4.69, 9.17) is 0 Å². The summed E-state index contributed by atoms with van der Waals surface area (Å²) in [6.45, 7) is 1.92. The van der Waals surface area contributed by atoms with Gasteiger partial charge in [0, 0.05) is 10.9 Å². The van der Waals surface area contributed by atoms with Crippen LogP contribution in [0.25, 0.3) is 0 Å². The lowest BCUT2D eigenvalue weighted by Gasteiger charge is -2.10. The van der Waals surface area contributed by atoms with Gasteiger partial charge >= 0.3 is 0 Å². The summed E-state index contributed by atoms with van der Waals surface area (Å²) in [5, 5.41) is 11.1. The zero-order valence-electron chi connectivity index (χ0n) is 9.68. The third-order valence-corrected chi connectivity index (χ3v) is 4.53. The van der Waals surface area contributed by atoms with E-state index >= 15 is 0 Å². The highest BCUT2D eigenvalue weighted by Crippen LogP contribution is 2.26. The van der Waals surface area contributed by atoms with Crippen molar-refractivity contribution in [3.05, 3.63) is 55.3 Å². The molecule has 1 atom stereocenters. The number of nitrogens with zero attached hydrogens (tertiary/aromatic N) is 1. The molecule has 0 aliphatic rings. The Balaban J connectivity index is 2.39. The first-order valence-corrected chi connectivity index (χ1v) is 7.32. The fraction of sp³-hybridized carbons (Fsp3) is 0.143. The number of rotatable bonds is 3. The second kappa shape index (κ2) is 5.63. The van der Waals surface area contributed by atoms with Crippen LogP contribution in [0.15, 0.2) is 35.7 Å². The lowest BCUT2D eigenvalue weighted by Crippen LogP contribution is -2.11. The summed E-state index contributed by atoms with van der Waals surface area (Å²) in [4.78, 5) is 12.3. The molecule has 2 nitrogen and oxygen atoms in total. The second-order valence-corrected chi connectivity index (χ2v) is 6.73. The molecular weight excluding hydrogens is 357 g/mol. The molecule has 0 saturated heterocycles. The first-order valence-electron chi connectivity index (χ1n) is 5.37. The molecule has 0 saturated carbocycles. The summed E-state index contributed by atoms with van der Waals surface area (Å²) in [5.41, 5.74) is 2.40. The number of hydrogen-bond donors (Lipinski definition) is 0. The number of ketones is 1. The Kier molecular flexibility index (Phi) is 4.15. The number of nitriles is 1. The third kappa shape index (κ3) is 2.62.